The summed E-state index contributed by atoms with van der Waals surface area (Å²) in [5.74, 6) is -0.499. The van der Waals surface area contributed by atoms with Crippen LogP contribution in [0.25, 0.3) is 0 Å². The molecule has 0 aromatic heterocycles. The molecule has 152 valence electrons. The van der Waals surface area contributed by atoms with E-state index in [0.717, 1.165) is 5.56 Å². The van der Waals surface area contributed by atoms with Crippen LogP contribution in [-0.4, -0.2) is 22.7 Å². The molecule has 7 heteroatoms. The van der Waals surface area contributed by atoms with Gasteiger partial charge in [0, 0.05) is 12.6 Å². The fourth-order valence-electron chi connectivity index (χ4n) is 3.74. The molecule has 3 aromatic carbocycles. The molecule has 1 heterocycles. The van der Waals surface area contributed by atoms with Gasteiger partial charge in [0.05, 0.1) is 11.4 Å². The van der Waals surface area contributed by atoms with Gasteiger partial charge in [-0.3, -0.25) is 13.4 Å². The molecule has 1 unspecified atom stereocenters. The minimum absolute atomic E-state index is 0.0565. The molecular weight excluding hydrogens is 389 g/mol. The Labute approximate surface area is 172 Å². The SMILES string of the molecule is CNC(CCN1c2ccccc2N(c2ccccc2F)S1(O)O)c1ccccc1. The van der Waals surface area contributed by atoms with Crippen molar-refractivity contribution in [2.75, 3.05) is 22.2 Å². The lowest BCUT2D eigenvalue weighted by Crippen LogP contribution is -2.33. The van der Waals surface area contributed by atoms with Crippen molar-refractivity contribution in [2.24, 2.45) is 0 Å². The molecule has 0 spiro atoms. The van der Waals surface area contributed by atoms with Gasteiger partial charge in [0.25, 0.3) is 0 Å². The third kappa shape index (κ3) is 3.58. The highest BCUT2D eigenvalue weighted by Gasteiger charge is 2.42. The predicted molar refractivity (Wildman–Crippen MR) is 118 cm³/mol. The minimum atomic E-state index is -3.45. The molecule has 0 saturated carbocycles. The summed E-state index contributed by atoms with van der Waals surface area (Å²) in [5.41, 5.74) is 2.54. The fourth-order valence-corrected chi connectivity index (χ4v) is 5.54. The number of nitrogens with zero attached hydrogens (tertiary/aromatic N) is 2. The van der Waals surface area contributed by atoms with Crippen molar-refractivity contribution < 1.29 is 13.5 Å². The fraction of sp³-hybridized carbons (Fsp3) is 0.182. The Morgan fingerprint density at radius 2 is 1.45 bits per heavy atom. The minimum Gasteiger partial charge on any atom is -0.313 e. The molecular formula is C22H24FN3O2S. The molecule has 1 atom stereocenters. The average molecular weight is 414 g/mol. The zero-order chi connectivity index (χ0) is 20.4. The van der Waals surface area contributed by atoms with E-state index in [0.29, 0.717) is 24.3 Å². The number of halogens is 1. The third-order valence-corrected chi connectivity index (χ3v) is 7.01. The van der Waals surface area contributed by atoms with Gasteiger partial charge in [0.15, 0.2) is 0 Å². The summed E-state index contributed by atoms with van der Waals surface area (Å²) in [7, 11) is -1.56. The Balaban J connectivity index is 1.66. The summed E-state index contributed by atoms with van der Waals surface area (Å²) in [4.78, 5) is 0. The Hall–Kier alpha value is -2.58. The maximum Gasteiger partial charge on any atom is 0.148 e. The number of anilines is 3. The molecule has 0 bridgehead atoms. The van der Waals surface area contributed by atoms with E-state index in [1.807, 2.05) is 55.6 Å². The quantitative estimate of drug-likeness (QED) is 0.483. The summed E-state index contributed by atoms with van der Waals surface area (Å²) in [6.45, 7) is 0.394. The smallest absolute Gasteiger partial charge is 0.148 e. The second-order valence-corrected chi connectivity index (χ2v) is 8.65. The van der Waals surface area contributed by atoms with Crippen molar-refractivity contribution in [2.45, 2.75) is 12.5 Å². The molecule has 0 aliphatic carbocycles. The maximum atomic E-state index is 14.5. The molecule has 3 aromatic rings. The number of nitrogens with one attached hydrogen (secondary N) is 1. The third-order valence-electron chi connectivity index (χ3n) is 5.15. The zero-order valence-corrected chi connectivity index (χ0v) is 16.9. The number of hydrogen-bond acceptors (Lipinski definition) is 5. The van der Waals surface area contributed by atoms with Crippen LogP contribution in [0.1, 0.15) is 18.0 Å². The summed E-state index contributed by atoms with van der Waals surface area (Å²) < 4.78 is 39.8. The Bertz CT molecular complexity index is 987. The molecule has 1 aliphatic heterocycles. The van der Waals surface area contributed by atoms with Crippen LogP contribution in [0.4, 0.5) is 21.5 Å². The lowest BCUT2D eigenvalue weighted by Gasteiger charge is -2.44. The Kier molecular flexibility index (Phi) is 5.47. The lowest BCUT2D eigenvalue weighted by atomic mass is 10.0. The van der Waals surface area contributed by atoms with Crippen LogP contribution in [0.5, 0.6) is 0 Å². The number of para-hydroxylation sites is 3. The van der Waals surface area contributed by atoms with Crippen LogP contribution in [0.15, 0.2) is 78.9 Å². The second-order valence-electron chi connectivity index (χ2n) is 6.87. The first-order valence-electron chi connectivity index (χ1n) is 9.46. The second kappa shape index (κ2) is 8.04. The van der Waals surface area contributed by atoms with E-state index in [1.165, 1.54) is 10.4 Å². The van der Waals surface area contributed by atoms with Crippen LogP contribution in [-0.2, 0) is 0 Å². The van der Waals surface area contributed by atoms with E-state index in [-0.39, 0.29) is 11.7 Å². The van der Waals surface area contributed by atoms with Gasteiger partial charge in [0.1, 0.15) is 11.5 Å². The molecule has 29 heavy (non-hydrogen) atoms. The first kappa shape index (κ1) is 19.7. The average Bonchev–Trinajstić information content (AvgIpc) is 2.96. The van der Waals surface area contributed by atoms with E-state index < -0.39 is 16.8 Å². The van der Waals surface area contributed by atoms with Crippen LogP contribution >= 0.6 is 11.0 Å². The normalized spacial score (nSPS) is 17.1. The van der Waals surface area contributed by atoms with Crippen molar-refractivity contribution in [3.63, 3.8) is 0 Å². The van der Waals surface area contributed by atoms with Gasteiger partial charge in [-0.2, -0.15) is 0 Å². The number of rotatable bonds is 6. The molecule has 0 fully saturated rings. The zero-order valence-electron chi connectivity index (χ0n) is 16.1. The van der Waals surface area contributed by atoms with Gasteiger partial charge in [-0.1, -0.05) is 54.6 Å². The van der Waals surface area contributed by atoms with Crippen LogP contribution < -0.4 is 13.9 Å². The Morgan fingerprint density at radius 3 is 2.10 bits per heavy atom. The van der Waals surface area contributed by atoms with E-state index in [2.05, 4.69) is 5.32 Å². The first-order chi connectivity index (χ1) is 14.0. The van der Waals surface area contributed by atoms with Crippen molar-refractivity contribution in [1.29, 1.82) is 0 Å². The highest BCUT2D eigenvalue weighted by atomic mass is 32.3. The lowest BCUT2D eigenvalue weighted by molar-refractivity contribution is 0.477. The van der Waals surface area contributed by atoms with Crippen molar-refractivity contribution in [3.05, 3.63) is 90.2 Å². The van der Waals surface area contributed by atoms with Crippen LogP contribution in [0.3, 0.4) is 0 Å². The van der Waals surface area contributed by atoms with Gasteiger partial charge in [-0.25, -0.2) is 8.70 Å². The highest BCUT2D eigenvalue weighted by molar-refractivity contribution is 8.27. The molecule has 4 rings (SSSR count). The molecule has 0 radical (unpaired) electrons. The Morgan fingerprint density at radius 1 is 0.862 bits per heavy atom. The van der Waals surface area contributed by atoms with E-state index in [9.17, 15) is 13.5 Å². The number of fused-ring (bicyclic) bond motifs is 1. The van der Waals surface area contributed by atoms with Crippen molar-refractivity contribution >= 4 is 28.0 Å². The molecule has 0 saturated heterocycles. The summed E-state index contributed by atoms with van der Waals surface area (Å²) in [6, 6.07) is 23.5. The first-order valence-corrected chi connectivity index (χ1v) is 10.9. The van der Waals surface area contributed by atoms with Gasteiger partial charge >= 0.3 is 0 Å². The summed E-state index contributed by atoms with van der Waals surface area (Å²) in [6.07, 6.45) is 0.649. The van der Waals surface area contributed by atoms with Crippen LogP contribution in [0, 0.1) is 5.82 Å². The topological polar surface area (TPSA) is 59.0 Å². The van der Waals surface area contributed by atoms with E-state index >= 15 is 0 Å². The van der Waals surface area contributed by atoms with E-state index in [4.69, 9.17) is 0 Å². The van der Waals surface area contributed by atoms with Gasteiger partial charge in [0.2, 0.25) is 0 Å². The largest absolute Gasteiger partial charge is 0.313 e. The molecule has 1 aliphatic rings. The summed E-state index contributed by atoms with van der Waals surface area (Å²) in [5, 5.41) is 3.29. The van der Waals surface area contributed by atoms with Crippen molar-refractivity contribution in [1.82, 2.24) is 5.32 Å². The number of benzene rings is 3. The molecule has 3 N–H and O–H groups in total. The number of hydrogen-bond donors (Lipinski definition) is 3. The monoisotopic (exact) mass is 413 g/mol. The predicted octanol–water partition coefficient (Wildman–Crippen LogP) is 5.72. The maximum absolute atomic E-state index is 14.5. The van der Waals surface area contributed by atoms with Crippen molar-refractivity contribution in [3.8, 4) is 0 Å². The van der Waals surface area contributed by atoms with E-state index in [1.54, 1.807) is 28.6 Å². The highest BCUT2D eigenvalue weighted by Crippen LogP contribution is 2.64. The molecule has 5 nitrogen and oxygen atoms in total. The van der Waals surface area contributed by atoms with Gasteiger partial charge < -0.3 is 5.32 Å². The molecule has 0 amide bonds. The summed E-state index contributed by atoms with van der Waals surface area (Å²) >= 11 is 0. The van der Waals surface area contributed by atoms with Gasteiger partial charge in [-0.15, -0.1) is 0 Å². The standard InChI is InChI=1S/C22H24FN3O2S/c1-24-19(17-9-3-2-4-10-17)15-16-25-21-13-7-8-14-22(21)26(29(25,27)28)20-12-6-5-11-18(20)23/h2-14,19,24,27-28H,15-16H2,1H3. The van der Waals surface area contributed by atoms with Gasteiger partial charge in [-0.05, 0) is 54.3 Å². The van der Waals surface area contributed by atoms with Crippen LogP contribution in [0.2, 0.25) is 0 Å².